The fourth-order valence-corrected chi connectivity index (χ4v) is 15.8. The fourth-order valence-electron chi connectivity index (χ4n) is 15.8. The first kappa shape index (κ1) is 60.0. The zero-order chi connectivity index (χ0) is 67.5. The topological polar surface area (TPSA) is 70.8 Å². The maximum absolute atomic E-state index is 11.4. The molecule has 0 unspecified atom stereocenters. The summed E-state index contributed by atoms with van der Waals surface area (Å²) in [5.41, 5.74) is 24.4. The van der Waals surface area contributed by atoms with Crippen molar-refractivity contribution in [2.75, 3.05) is 9.80 Å². The summed E-state index contributed by atoms with van der Waals surface area (Å²) in [6, 6.07) is 74.3. The molecule has 0 N–H and O–H groups in total. The lowest BCUT2D eigenvalue weighted by molar-refractivity contribution is 0.590. The second-order valence-corrected chi connectivity index (χ2v) is 32.4. The van der Waals surface area contributed by atoms with Gasteiger partial charge in [-0.2, -0.15) is 5.26 Å². The molecular formula is C88H77BN6O2. The molecule has 2 aliphatic rings. The van der Waals surface area contributed by atoms with Gasteiger partial charge in [0.2, 0.25) is 5.69 Å². The highest BCUT2D eigenvalue weighted by molar-refractivity contribution is 7.00. The molecular weight excluding hydrogens is 1180 g/mol. The Morgan fingerprint density at radius 2 is 0.784 bits per heavy atom. The number of rotatable bonds is 4. The van der Waals surface area contributed by atoms with E-state index in [1.807, 2.05) is 12.1 Å². The van der Waals surface area contributed by atoms with Gasteiger partial charge in [0.15, 0.2) is 11.2 Å². The van der Waals surface area contributed by atoms with Crippen LogP contribution in [0, 0.1) is 17.9 Å². The van der Waals surface area contributed by atoms with Crippen LogP contribution in [0.5, 0.6) is 0 Å². The van der Waals surface area contributed by atoms with Gasteiger partial charge in [-0.05, 0) is 168 Å². The molecule has 4 aromatic heterocycles. The van der Waals surface area contributed by atoms with E-state index in [1.165, 1.54) is 11.1 Å². The normalized spacial score (nSPS) is 13.6. The second kappa shape index (κ2) is 20.4. The Bertz CT molecular complexity index is 5680. The van der Waals surface area contributed by atoms with Crippen molar-refractivity contribution < 1.29 is 8.83 Å². The minimum atomic E-state index is -0.342. The standard InChI is InChI=1S/C88H77BN6O2/c1-84(2,3)51-31-37-69-62(40-51)64-42-53(86(7,8)9)39-50(49-90)80(64)92(69)56-33-35-66-73(47-56)94(71-27-21-25-60-58-23-17-19-29-77(58)96-82(60)71)75-45-55(88(13,14)15)46-76-79(75)89(66)67-36-34-57(48-74(67)95(76)72-28-22-26-61-59-24-18-20-30-78(59)97-83(61)72)93-70-38-32-52(85(4,5)6)41-63(70)65-43-54(87(10,11)12)44-68(91-16)81(65)93/h17-48H,1-15H3. The first-order chi connectivity index (χ1) is 46.2. The van der Waals surface area contributed by atoms with Crippen LogP contribution in [-0.2, 0) is 27.1 Å². The largest absolute Gasteiger partial charge is 0.454 e. The molecule has 0 bridgehead atoms. The maximum atomic E-state index is 11.4. The average molecular weight is 1260 g/mol. The monoisotopic (exact) mass is 1260 g/mol. The number of nitrogens with zero attached hydrogens (tertiary/aromatic N) is 6. The van der Waals surface area contributed by atoms with Crippen molar-refractivity contribution in [3.05, 3.63) is 239 Å². The van der Waals surface area contributed by atoms with Crippen LogP contribution in [0.4, 0.5) is 39.8 Å². The molecule has 11 aromatic carbocycles. The predicted octanol–water partition coefficient (Wildman–Crippen LogP) is 22.7. The van der Waals surface area contributed by atoms with E-state index < -0.39 is 0 Å². The Kier molecular flexibility index (Phi) is 12.6. The van der Waals surface area contributed by atoms with Crippen LogP contribution >= 0.6 is 0 Å². The molecule has 0 spiro atoms. The lowest BCUT2D eigenvalue weighted by Crippen LogP contribution is -2.61. The molecule has 17 rings (SSSR count). The molecule has 8 nitrogen and oxygen atoms in total. The van der Waals surface area contributed by atoms with Crippen molar-refractivity contribution in [3.63, 3.8) is 0 Å². The molecule has 0 amide bonds. The van der Waals surface area contributed by atoms with Gasteiger partial charge >= 0.3 is 0 Å². The average Bonchev–Trinajstić information content (AvgIpc) is 1.06. The van der Waals surface area contributed by atoms with Gasteiger partial charge in [-0.1, -0.05) is 206 Å². The zero-order valence-electron chi connectivity index (χ0n) is 58.1. The second-order valence-electron chi connectivity index (χ2n) is 32.4. The number of hydrogen-bond acceptors (Lipinski definition) is 5. The highest BCUT2D eigenvalue weighted by Crippen LogP contribution is 2.52. The summed E-state index contributed by atoms with van der Waals surface area (Å²) in [6.07, 6.45) is 0. The molecule has 0 fully saturated rings. The van der Waals surface area contributed by atoms with Crippen LogP contribution in [0.25, 0.3) is 104 Å². The van der Waals surface area contributed by atoms with Crippen molar-refractivity contribution in [2.24, 2.45) is 0 Å². The van der Waals surface area contributed by atoms with E-state index in [9.17, 15) is 5.26 Å². The third kappa shape index (κ3) is 8.93. The van der Waals surface area contributed by atoms with Crippen molar-refractivity contribution in [1.82, 2.24) is 9.13 Å². The van der Waals surface area contributed by atoms with Gasteiger partial charge in [-0.3, -0.25) is 0 Å². The Labute approximate surface area is 567 Å². The van der Waals surface area contributed by atoms with Crippen molar-refractivity contribution in [1.29, 1.82) is 5.26 Å². The molecule has 0 radical (unpaired) electrons. The van der Waals surface area contributed by atoms with Crippen LogP contribution in [-0.4, -0.2) is 15.8 Å². The molecule has 6 heterocycles. The van der Waals surface area contributed by atoms with Gasteiger partial charge in [0.1, 0.15) is 17.2 Å². The first-order valence-corrected chi connectivity index (χ1v) is 34.1. The van der Waals surface area contributed by atoms with Crippen LogP contribution < -0.4 is 26.2 Å². The molecule has 2 aliphatic heterocycles. The van der Waals surface area contributed by atoms with Gasteiger partial charge in [0.25, 0.3) is 6.71 Å². The highest BCUT2D eigenvalue weighted by Gasteiger charge is 2.46. The van der Waals surface area contributed by atoms with Gasteiger partial charge < -0.3 is 27.8 Å². The van der Waals surface area contributed by atoms with E-state index in [4.69, 9.17) is 15.4 Å². The lowest BCUT2D eigenvalue weighted by Gasteiger charge is -2.45. The SMILES string of the molecule is [C-]#[N+]c1cc(C(C)(C)C)cc2c3cc(C(C)(C)C)ccc3n(-c3ccc4c(c3)N(c3cccc5c3oc3ccccc35)c3cc(C(C)(C)C)cc5c3B4c3ccc(-n4c6ccc(C(C)(C)C)cc6c6cc(C(C)(C)C)cc(C#N)c64)cc3N5c3cccc4c3oc3ccccc34)c12. The van der Waals surface area contributed by atoms with E-state index in [1.54, 1.807) is 0 Å². The van der Waals surface area contributed by atoms with Crippen LogP contribution in [0.3, 0.4) is 0 Å². The van der Waals surface area contributed by atoms with Crippen LogP contribution in [0.15, 0.2) is 203 Å². The molecule has 15 aromatic rings. The molecule has 0 atom stereocenters. The maximum Gasteiger partial charge on any atom is 0.252 e. The van der Waals surface area contributed by atoms with Crippen LogP contribution in [0.2, 0.25) is 0 Å². The third-order valence-corrected chi connectivity index (χ3v) is 21.1. The number of fused-ring (bicyclic) bond motifs is 16. The van der Waals surface area contributed by atoms with E-state index in [2.05, 4.69) is 316 Å². The molecule has 0 aliphatic carbocycles. The fraction of sp³-hybridized carbons (Fsp3) is 0.227. The van der Waals surface area contributed by atoms with Crippen molar-refractivity contribution >= 4 is 150 Å². The highest BCUT2D eigenvalue weighted by atomic mass is 16.3. The van der Waals surface area contributed by atoms with E-state index in [-0.39, 0.29) is 33.8 Å². The van der Waals surface area contributed by atoms with E-state index in [0.717, 1.165) is 166 Å². The third-order valence-electron chi connectivity index (χ3n) is 21.1. The van der Waals surface area contributed by atoms with Gasteiger partial charge in [-0.25, -0.2) is 4.85 Å². The smallest absolute Gasteiger partial charge is 0.252 e. The molecule has 0 saturated carbocycles. The summed E-state index contributed by atoms with van der Waals surface area (Å²) in [4.78, 5) is 9.38. The van der Waals surface area contributed by atoms with Crippen LogP contribution in [0.1, 0.15) is 137 Å². The molecule has 9 heteroatoms. The van der Waals surface area contributed by atoms with Crippen molar-refractivity contribution in [2.45, 2.75) is 131 Å². The summed E-state index contributed by atoms with van der Waals surface area (Å²) >= 11 is 0. The van der Waals surface area contributed by atoms with Gasteiger partial charge in [-0.15, -0.1) is 0 Å². The number of benzene rings is 11. The number of nitriles is 1. The summed E-state index contributed by atoms with van der Waals surface area (Å²) in [5, 5.41) is 20.0. The van der Waals surface area contributed by atoms with Gasteiger partial charge in [0.05, 0.1) is 45.6 Å². The number of para-hydroxylation sites is 4. The Hall–Kier alpha value is -10.7. The quantitative estimate of drug-likeness (QED) is 0.130. The Balaban J connectivity index is 1.01. The first-order valence-electron chi connectivity index (χ1n) is 34.1. The number of aromatic nitrogens is 2. The Morgan fingerprint density at radius 3 is 1.24 bits per heavy atom. The molecule has 474 valence electrons. The number of furan rings is 2. The summed E-state index contributed by atoms with van der Waals surface area (Å²) in [6.45, 7) is 42.6. The zero-order valence-corrected chi connectivity index (χ0v) is 58.1. The minimum Gasteiger partial charge on any atom is -0.454 e. The van der Waals surface area contributed by atoms with E-state index in [0.29, 0.717) is 11.3 Å². The molecule has 0 saturated heterocycles. The summed E-state index contributed by atoms with van der Waals surface area (Å²) in [7, 11) is 0. The summed E-state index contributed by atoms with van der Waals surface area (Å²) in [5.74, 6) is 0. The summed E-state index contributed by atoms with van der Waals surface area (Å²) < 4.78 is 19.0. The minimum absolute atomic E-state index is 0.116. The number of hydrogen-bond donors (Lipinski definition) is 0. The Morgan fingerprint density at radius 1 is 0.371 bits per heavy atom. The van der Waals surface area contributed by atoms with E-state index >= 15 is 0 Å². The van der Waals surface area contributed by atoms with Gasteiger partial charge in [0, 0.05) is 71.8 Å². The predicted molar refractivity (Wildman–Crippen MR) is 408 cm³/mol. The lowest BCUT2D eigenvalue weighted by atomic mass is 9.33. The number of anilines is 6. The molecule has 97 heavy (non-hydrogen) atoms. The van der Waals surface area contributed by atoms with Crippen molar-refractivity contribution in [3.8, 4) is 17.4 Å².